The lowest BCUT2D eigenvalue weighted by Gasteiger charge is -2.19. The van der Waals surface area contributed by atoms with Crippen LogP contribution in [-0.2, 0) is 14.6 Å². The summed E-state index contributed by atoms with van der Waals surface area (Å²) in [5.74, 6) is 0.0768. The standard InChI is InChI=1S/C17H21N4O6PS2.C7H4FN/c18-5-1-7-21(8-2-6-19)9-10-27-15-3-4-16-14(11-15)12-17(29-16)30(25,26)20-13-28(22,23)24;8-7-4-2-1-3-6(7)5-9/h3-4,11-12,20H,1-2,7-10,13H2,(H2,22,23,24);1-4H. The van der Waals surface area contributed by atoms with E-state index in [4.69, 9.17) is 30.3 Å². The van der Waals surface area contributed by atoms with Gasteiger partial charge >= 0.3 is 7.60 Å². The van der Waals surface area contributed by atoms with Gasteiger partial charge in [-0.3, -0.25) is 9.46 Å². The molecule has 0 saturated heterocycles. The third-order valence-electron chi connectivity index (χ3n) is 4.94. The summed E-state index contributed by atoms with van der Waals surface area (Å²) < 4.78 is 56.0. The van der Waals surface area contributed by atoms with Crippen LogP contribution in [0.5, 0.6) is 5.75 Å². The molecule has 3 aromatic rings. The largest absolute Gasteiger partial charge is 0.492 e. The molecule has 39 heavy (non-hydrogen) atoms. The first kappa shape index (κ1) is 31.8. The highest BCUT2D eigenvalue weighted by molar-refractivity contribution is 7.92. The predicted octanol–water partition coefficient (Wildman–Crippen LogP) is 3.52. The Morgan fingerprint density at radius 3 is 2.26 bits per heavy atom. The van der Waals surface area contributed by atoms with E-state index < -0.39 is 29.7 Å². The lowest BCUT2D eigenvalue weighted by Crippen LogP contribution is -2.30. The number of ether oxygens (including phenoxy) is 1. The lowest BCUT2D eigenvalue weighted by atomic mass is 10.2. The molecule has 0 atom stereocenters. The molecule has 1 heterocycles. The van der Waals surface area contributed by atoms with Gasteiger partial charge in [0.05, 0.1) is 17.7 Å². The smallest absolute Gasteiger partial charge is 0.340 e. The Morgan fingerprint density at radius 2 is 1.69 bits per heavy atom. The van der Waals surface area contributed by atoms with Gasteiger partial charge in [-0.05, 0) is 41.8 Å². The van der Waals surface area contributed by atoms with Gasteiger partial charge < -0.3 is 14.5 Å². The highest BCUT2D eigenvalue weighted by atomic mass is 32.2. The summed E-state index contributed by atoms with van der Waals surface area (Å²) in [6.45, 7) is 1.97. The molecular weight excluding hydrogens is 568 g/mol. The molecule has 11 nitrogen and oxygen atoms in total. The van der Waals surface area contributed by atoms with Crippen molar-refractivity contribution in [2.75, 3.05) is 32.5 Å². The Morgan fingerprint density at radius 1 is 1.03 bits per heavy atom. The minimum Gasteiger partial charge on any atom is -0.492 e. The van der Waals surface area contributed by atoms with Crippen molar-refractivity contribution in [2.45, 2.75) is 17.1 Å². The fraction of sp³-hybridized carbons (Fsp3) is 0.292. The molecular formula is C24H25FN5O6PS2. The van der Waals surface area contributed by atoms with E-state index in [-0.39, 0.29) is 9.77 Å². The maximum absolute atomic E-state index is 12.4. The molecule has 0 aliphatic heterocycles. The SMILES string of the molecule is N#CCCN(CCC#N)CCOc1ccc2sc(S(=O)(=O)NCP(=O)(O)O)cc2c1.N#Cc1ccccc1F. The highest BCUT2D eigenvalue weighted by Crippen LogP contribution is 2.35. The third-order valence-corrected chi connectivity index (χ3v) is 8.72. The van der Waals surface area contributed by atoms with E-state index in [1.54, 1.807) is 36.4 Å². The number of hydrogen-bond acceptors (Lipinski definition) is 9. The molecule has 0 amide bonds. The zero-order chi connectivity index (χ0) is 28.9. The fourth-order valence-corrected chi connectivity index (χ4v) is 6.49. The van der Waals surface area contributed by atoms with E-state index >= 15 is 0 Å². The van der Waals surface area contributed by atoms with Gasteiger partial charge in [-0.1, -0.05) is 12.1 Å². The zero-order valence-corrected chi connectivity index (χ0v) is 23.1. The molecule has 1 aromatic heterocycles. The molecule has 0 bridgehead atoms. The van der Waals surface area contributed by atoms with Crippen LogP contribution in [0.25, 0.3) is 10.1 Å². The molecule has 15 heteroatoms. The average Bonchev–Trinajstić information content (AvgIpc) is 3.34. The number of benzene rings is 2. The zero-order valence-electron chi connectivity index (χ0n) is 20.5. The Kier molecular flexibility index (Phi) is 12.5. The number of nitriles is 3. The van der Waals surface area contributed by atoms with E-state index in [9.17, 15) is 17.4 Å². The van der Waals surface area contributed by atoms with Crippen LogP contribution in [0.1, 0.15) is 18.4 Å². The summed E-state index contributed by atoms with van der Waals surface area (Å²) in [5, 5.41) is 26.3. The number of thiophene rings is 1. The van der Waals surface area contributed by atoms with Crippen LogP contribution in [-0.4, -0.2) is 55.6 Å². The lowest BCUT2D eigenvalue weighted by molar-refractivity contribution is 0.214. The summed E-state index contributed by atoms with van der Waals surface area (Å²) in [4.78, 5) is 19.7. The number of halogens is 1. The molecule has 0 spiro atoms. The molecule has 0 aliphatic rings. The average molecular weight is 594 g/mol. The highest BCUT2D eigenvalue weighted by Gasteiger charge is 2.22. The Bertz CT molecular complexity index is 1520. The Hall–Kier alpha value is -3.38. The van der Waals surface area contributed by atoms with E-state index in [0.29, 0.717) is 54.9 Å². The maximum atomic E-state index is 12.4. The topological polar surface area (TPSA) is 188 Å². The van der Waals surface area contributed by atoms with Crippen molar-refractivity contribution in [1.82, 2.24) is 9.62 Å². The van der Waals surface area contributed by atoms with Crippen LogP contribution in [0.2, 0.25) is 0 Å². The summed E-state index contributed by atoms with van der Waals surface area (Å²) >= 11 is 0.982. The number of nitrogens with zero attached hydrogens (tertiary/aromatic N) is 4. The summed E-state index contributed by atoms with van der Waals surface area (Å²) in [7, 11) is -8.54. The van der Waals surface area contributed by atoms with Crippen LogP contribution in [0.3, 0.4) is 0 Å². The number of fused-ring (bicyclic) bond motifs is 1. The molecule has 3 rings (SSSR count). The van der Waals surface area contributed by atoms with E-state index in [2.05, 4.69) is 12.1 Å². The quantitative estimate of drug-likeness (QED) is 0.262. The van der Waals surface area contributed by atoms with Crippen LogP contribution < -0.4 is 9.46 Å². The minimum absolute atomic E-state index is 0.0534. The third kappa shape index (κ3) is 11.1. The van der Waals surface area contributed by atoms with Crippen molar-refractivity contribution in [3.05, 3.63) is 59.9 Å². The number of sulfonamides is 1. The molecule has 0 unspecified atom stereocenters. The molecule has 2 aromatic carbocycles. The molecule has 3 N–H and O–H groups in total. The van der Waals surface area contributed by atoms with Crippen molar-refractivity contribution in [3.63, 3.8) is 0 Å². The first-order chi connectivity index (χ1) is 18.5. The van der Waals surface area contributed by atoms with Gasteiger partial charge in [0.1, 0.15) is 34.7 Å². The van der Waals surface area contributed by atoms with Crippen molar-refractivity contribution in [2.24, 2.45) is 0 Å². The maximum Gasteiger partial charge on any atom is 0.340 e. The number of nitrogens with one attached hydrogen (secondary N) is 1. The van der Waals surface area contributed by atoms with Crippen molar-refractivity contribution >= 4 is 39.0 Å². The van der Waals surface area contributed by atoms with Gasteiger partial charge in [-0.2, -0.15) is 20.5 Å². The van der Waals surface area contributed by atoms with E-state index in [0.717, 1.165) is 11.3 Å². The summed E-state index contributed by atoms with van der Waals surface area (Å²) in [6.07, 6.45) is -0.245. The minimum atomic E-state index is -4.51. The van der Waals surface area contributed by atoms with E-state index in [1.807, 2.05) is 9.62 Å². The normalized spacial score (nSPS) is 11.2. The second kappa shape index (κ2) is 15.3. The monoisotopic (exact) mass is 593 g/mol. The van der Waals surface area contributed by atoms with Gasteiger partial charge in [-0.15, -0.1) is 11.3 Å². The summed E-state index contributed by atoms with van der Waals surface area (Å²) in [6, 6.07) is 18.3. The predicted molar refractivity (Wildman–Crippen MR) is 143 cm³/mol. The van der Waals surface area contributed by atoms with Crippen LogP contribution in [0.4, 0.5) is 4.39 Å². The molecule has 0 saturated carbocycles. The van der Waals surface area contributed by atoms with Gasteiger partial charge in [0.2, 0.25) is 0 Å². The van der Waals surface area contributed by atoms with Gasteiger partial charge in [0.15, 0.2) is 0 Å². The molecule has 0 fully saturated rings. The van der Waals surface area contributed by atoms with Crippen LogP contribution in [0.15, 0.2) is 52.7 Å². The molecule has 0 radical (unpaired) electrons. The molecule has 0 aliphatic carbocycles. The van der Waals surface area contributed by atoms with Gasteiger partial charge in [-0.25, -0.2) is 12.8 Å². The number of hydrogen-bond donors (Lipinski definition) is 3. The van der Waals surface area contributed by atoms with Crippen molar-refractivity contribution in [3.8, 4) is 24.0 Å². The van der Waals surface area contributed by atoms with E-state index in [1.165, 1.54) is 18.2 Å². The second-order valence-corrected chi connectivity index (χ2v) is 12.6. The number of rotatable bonds is 12. The first-order valence-corrected chi connectivity index (χ1v) is 15.4. The van der Waals surface area contributed by atoms with Gasteiger partial charge in [0.25, 0.3) is 10.0 Å². The Labute approximate surface area is 229 Å². The fourth-order valence-electron chi connectivity index (χ4n) is 3.06. The Balaban J connectivity index is 0.000000499. The van der Waals surface area contributed by atoms with Gasteiger partial charge in [0, 0.05) is 37.2 Å². The molecule has 206 valence electrons. The summed E-state index contributed by atoms with van der Waals surface area (Å²) in [5.41, 5.74) is 0.0949. The van der Waals surface area contributed by atoms with Crippen LogP contribution in [0, 0.1) is 39.8 Å². The van der Waals surface area contributed by atoms with Crippen molar-refractivity contribution in [1.29, 1.82) is 15.8 Å². The first-order valence-electron chi connectivity index (χ1n) is 11.3. The van der Waals surface area contributed by atoms with Crippen molar-refractivity contribution < 1.29 is 31.9 Å². The second-order valence-electron chi connectivity index (χ2n) is 7.83. The van der Waals surface area contributed by atoms with Crippen LogP contribution >= 0.6 is 18.9 Å².